The summed E-state index contributed by atoms with van der Waals surface area (Å²) in [4.78, 5) is 0. The first-order valence-corrected chi connectivity index (χ1v) is 14.7. The lowest BCUT2D eigenvalue weighted by Crippen LogP contribution is -2.31. The van der Waals surface area contributed by atoms with Gasteiger partial charge in [0, 0.05) is 0 Å². The number of rotatable bonds is 6. The minimum Gasteiger partial charge on any atom is -0.491 e. The Kier molecular flexibility index (Phi) is 8.89. The summed E-state index contributed by atoms with van der Waals surface area (Å²) in [6, 6.07) is 3.34. The average Bonchev–Trinajstić information content (AvgIpc) is 2.83. The van der Waals surface area contributed by atoms with Crippen LogP contribution in [0.15, 0.2) is 24.3 Å². The molecule has 32 heavy (non-hydrogen) atoms. The summed E-state index contributed by atoms with van der Waals surface area (Å²) in [5, 5.41) is 0. The minimum absolute atomic E-state index is 0.0299. The summed E-state index contributed by atoms with van der Waals surface area (Å²) in [6.45, 7) is 4.27. The van der Waals surface area contributed by atoms with Crippen molar-refractivity contribution >= 4 is 23.5 Å². The highest BCUT2D eigenvalue weighted by Crippen LogP contribution is 2.49. The molecule has 0 unspecified atom stereocenters. The van der Waals surface area contributed by atoms with Crippen LogP contribution in [0.2, 0.25) is 0 Å². The van der Waals surface area contributed by atoms with Crippen molar-refractivity contribution in [2.75, 3.05) is 18.1 Å². The van der Waals surface area contributed by atoms with E-state index in [2.05, 4.69) is 42.6 Å². The van der Waals surface area contributed by atoms with Gasteiger partial charge in [-0.25, -0.2) is 4.39 Å². The number of thioether (sulfide) groups is 2. The van der Waals surface area contributed by atoms with Gasteiger partial charge in [0.2, 0.25) is 5.82 Å². The third-order valence-corrected chi connectivity index (χ3v) is 11.4. The summed E-state index contributed by atoms with van der Waals surface area (Å²) >= 11 is 4.38. The van der Waals surface area contributed by atoms with E-state index in [1.807, 2.05) is 0 Å². The molecular weight excluding hydrogens is 442 g/mol. The fraction of sp³-hybridized carbons (Fsp3) is 0.704. The van der Waals surface area contributed by atoms with Crippen LogP contribution in [-0.4, -0.2) is 22.7 Å². The molecule has 0 N–H and O–H groups in total. The molecule has 3 fully saturated rings. The molecule has 178 valence electrons. The number of benzene rings is 1. The Labute approximate surface area is 201 Å². The Balaban J connectivity index is 1.24. The maximum Gasteiger partial charge on any atom is 0.200 e. The lowest BCUT2D eigenvalue weighted by Gasteiger charge is -2.40. The van der Waals surface area contributed by atoms with Crippen LogP contribution < -0.4 is 4.74 Å². The number of ether oxygens (including phenoxy) is 1. The van der Waals surface area contributed by atoms with Gasteiger partial charge in [-0.05, 0) is 118 Å². The molecular formula is C27H38F2OS2. The maximum absolute atomic E-state index is 14.6. The zero-order valence-corrected chi connectivity index (χ0v) is 21.2. The van der Waals surface area contributed by atoms with Crippen molar-refractivity contribution < 1.29 is 13.5 Å². The van der Waals surface area contributed by atoms with Crippen molar-refractivity contribution in [2.24, 2.45) is 23.7 Å². The van der Waals surface area contributed by atoms with Gasteiger partial charge in [-0.1, -0.05) is 18.2 Å². The molecule has 2 aliphatic carbocycles. The predicted octanol–water partition coefficient (Wildman–Crippen LogP) is 8.44. The van der Waals surface area contributed by atoms with Gasteiger partial charge < -0.3 is 4.74 Å². The summed E-state index contributed by atoms with van der Waals surface area (Å²) in [5.41, 5.74) is 0.543. The topological polar surface area (TPSA) is 9.23 Å². The van der Waals surface area contributed by atoms with E-state index in [4.69, 9.17) is 4.74 Å². The fourth-order valence-electron chi connectivity index (χ4n) is 5.99. The van der Waals surface area contributed by atoms with Crippen LogP contribution in [0.1, 0.15) is 76.7 Å². The first kappa shape index (κ1) is 24.4. The van der Waals surface area contributed by atoms with Gasteiger partial charge >= 0.3 is 0 Å². The fourth-order valence-corrected chi connectivity index (χ4v) is 9.74. The second-order valence-corrected chi connectivity index (χ2v) is 12.5. The minimum atomic E-state index is -0.823. The predicted molar refractivity (Wildman–Crippen MR) is 135 cm³/mol. The van der Waals surface area contributed by atoms with Crippen molar-refractivity contribution in [1.29, 1.82) is 0 Å². The average molecular weight is 481 g/mol. The second kappa shape index (κ2) is 11.6. The van der Waals surface area contributed by atoms with Crippen molar-refractivity contribution in [3.63, 3.8) is 0 Å². The van der Waals surface area contributed by atoms with Crippen molar-refractivity contribution in [2.45, 2.75) is 75.7 Å². The second-order valence-electron chi connectivity index (χ2n) is 9.82. The highest BCUT2D eigenvalue weighted by Gasteiger charge is 2.36. The van der Waals surface area contributed by atoms with Crippen LogP contribution in [-0.2, 0) is 0 Å². The molecule has 0 bridgehead atoms. The van der Waals surface area contributed by atoms with Gasteiger partial charge in [0.25, 0.3) is 0 Å². The largest absolute Gasteiger partial charge is 0.491 e. The molecule has 1 aromatic rings. The molecule has 2 saturated carbocycles. The molecule has 5 heteroatoms. The first-order valence-electron chi connectivity index (χ1n) is 12.6. The van der Waals surface area contributed by atoms with E-state index >= 15 is 0 Å². The van der Waals surface area contributed by atoms with Gasteiger partial charge in [-0.3, -0.25) is 0 Å². The Morgan fingerprint density at radius 3 is 2.16 bits per heavy atom. The van der Waals surface area contributed by atoms with Gasteiger partial charge in [0.15, 0.2) is 11.6 Å². The van der Waals surface area contributed by atoms with E-state index in [1.165, 1.54) is 37.2 Å². The Morgan fingerprint density at radius 1 is 0.875 bits per heavy atom. The van der Waals surface area contributed by atoms with E-state index in [-0.39, 0.29) is 11.7 Å². The molecule has 0 aromatic heterocycles. The van der Waals surface area contributed by atoms with Crippen molar-refractivity contribution in [3.8, 4) is 5.75 Å². The molecule has 3 aliphatic rings. The summed E-state index contributed by atoms with van der Waals surface area (Å²) < 4.78 is 34.8. The van der Waals surface area contributed by atoms with Gasteiger partial charge in [-0.2, -0.15) is 4.39 Å². The van der Waals surface area contributed by atoms with Gasteiger partial charge in [-0.15, -0.1) is 23.5 Å². The first-order chi connectivity index (χ1) is 15.6. The summed E-state index contributed by atoms with van der Waals surface area (Å²) in [7, 11) is 0. The van der Waals surface area contributed by atoms with E-state index in [1.54, 1.807) is 19.1 Å². The van der Waals surface area contributed by atoms with Gasteiger partial charge in [0.1, 0.15) is 0 Å². The highest BCUT2D eigenvalue weighted by molar-refractivity contribution is 8.17. The molecule has 1 nitrogen and oxygen atoms in total. The van der Waals surface area contributed by atoms with Gasteiger partial charge in [0.05, 0.1) is 11.2 Å². The lowest BCUT2D eigenvalue weighted by molar-refractivity contribution is 0.252. The zero-order valence-electron chi connectivity index (χ0n) is 19.5. The Hall–Kier alpha value is -0.680. The lowest BCUT2D eigenvalue weighted by atomic mass is 9.77. The summed E-state index contributed by atoms with van der Waals surface area (Å²) in [5.74, 6) is 4.60. The smallest absolute Gasteiger partial charge is 0.200 e. The molecule has 0 atom stereocenters. The van der Waals surface area contributed by atoms with E-state index in [9.17, 15) is 8.78 Å². The summed E-state index contributed by atoms with van der Waals surface area (Å²) in [6.07, 6.45) is 14.4. The molecule has 1 heterocycles. The monoisotopic (exact) mass is 480 g/mol. The van der Waals surface area contributed by atoms with Crippen LogP contribution in [0.25, 0.3) is 0 Å². The van der Waals surface area contributed by atoms with Crippen LogP contribution in [0.5, 0.6) is 5.75 Å². The number of halogens is 2. The molecule has 1 aliphatic heterocycles. The molecule has 0 amide bonds. The SMILES string of the molecule is C/C=C/C1CCC(C2CSC(C3CCC(c4ccc(OCC)c(F)c4F)CC3)SC2)CC1. The molecule has 1 aromatic carbocycles. The standard InChI is InChI=1S/C27H38F2OS2/c1-3-5-18-6-8-19(9-7-18)22-16-31-27(32-17-22)21-12-10-20(11-13-21)23-14-15-24(30-4-2)26(29)25(23)28/h3,5,14-15,18-22,27H,4,6-13,16-17H2,1-2H3/b5-3+. The van der Waals surface area contributed by atoms with Crippen molar-refractivity contribution in [1.82, 2.24) is 0 Å². The van der Waals surface area contributed by atoms with Crippen LogP contribution in [0, 0.1) is 35.3 Å². The third-order valence-electron chi connectivity index (χ3n) is 7.87. The molecule has 4 rings (SSSR count). The number of allylic oxidation sites excluding steroid dienone is 2. The van der Waals surface area contributed by atoms with E-state index in [0.717, 1.165) is 43.4 Å². The quantitative estimate of drug-likeness (QED) is 0.378. The zero-order chi connectivity index (χ0) is 22.5. The Morgan fingerprint density at radius 2 is 1.53 bits per heavy atom. The number of hydrogen-bond donors (Lipinski definition) is 0. The van der Waals surface area contributed by atoms with Crippen LogP contribution in [0.4, 0.5) is 8.78 Å². The number of hydrogen-bond acceptors (Lipinski definition) is 3. The van der Waals surface area contributed by atoms with E-state index < -0.39 is 11.6 Å². The normalized spacial score (nSPS) is 34.0. The van der Waals surface area contributed by atoms with E-state index in [0.29, 0.717) is 22.7 Å². The molecule has 0 spiro atoms. The van der Waals surface area contributed by atoms with Crippen molar-refractivity contribution in [3.05, 3.63) is 41.5 Å². The van der Waals surface area contributed by atoms with Crippen LogP contribution in [0.3, 0.4) is 0 Å². The molecule has 1 saturated heterocycles. The third kappa shape index (κ3) is 5.68. The van der Waals surface area contributed by atoms with Crippen LogP contribution >= 0.6 is 23.5 Å². The molecule has 0 radical (unpaired) electrons. The highest BCUT2D eigenvalue weighted by atomic mass is 32.2. The maximum atomic E-state index is 14.6. The Bertz CT molecular complexity index is 759.